The Hall–Kier alpha value is -1.32. The summed E-state index contributed by atoms with van der Waals surface area (Å²) in [5.74, 6) is 0.00834. The lowest BCUT2D eigenvalue weighted by atomic mass is 9.95. The van der Waals surface area contributed by atoms with Crippen molar-refractivity contribution in [3.8, 4) is 0 Å². The van der Waals surface area contributed by atoms with Gasteiger partial charge in [-0.25, -0.2) is 0 Å². The van der Waals surface area contributed by atoms with E-state index < -0.39 is 0 Å². The molecule has 1 aliphatic heterocycles. The lowest BCUT2D eigenvalue weighted by Crippen LogP contribution is -2.31. The van der Waals surface area contributed by atoms with Gasteiger partial charge < -0.3 is 5.32 Å². The van der Waals surface area contributed by atoms with Crippen molar-refractivity contribution >= 4 is 28.8 Å². The highest BCUT2D eigenvalue weighted by molar-refractivity contribution is 7.08. The van der Waals surface area contributed by atoms with Crippen molar-refractivity contribution in [1.29, 1.82) is 0 Å². The maximum Gasteiger partial charge on any atom is 0.251 e. The van der Waals surface area contributed by atoms with Gasteiger partial charge in [0.25, 0.3) is 5.91 Å². The molecular formula is C15H14ClNOS. The van der Waals surface area contributed by atoms with E-state index in [4.69, 9.17) is 11.6 Å². The van der Waals surface area contributed by atoms with Crippen LogP contribution < -0.4 is 5.32 Å². The van der Waals surface area contributed by atoms with E-state index in [0.717, 1.165) is 35.2 Å². The van der Waals surface area contributed by atoms with Crippen LogP contribution in [0.15, 0.2) is 29.0 Å². The molecule has 1 aromatic heterocycles. The predicted octanol–water partition coefficient (Wildman–Crippen LogP) is 3.67. The molecule has 4 heteroatoms. The lowest BCUT2D eigenvalue weighted by molar-refractivity contribution is 0.0946. The first-order valence-electron chi connectivity index (χ1n) is 6.24. The van der Waals surface area contributed by atoms with Crippen molar-refractivity contribution in [1.82, 2.24) is 5.32 Å². The molecule has 1 aliphatic rings. The molecule has 2 heterocycles. The van der Waals surface area contributed by atoms with Gasteiger partial charge in [0, 0.05) is 12.1 Å². The third-order valence-corrected chi connectivity index (χ3v) is 4.89. The van der Waals surface area contributed by atoms with Crippen LogP contribution in [0.1, 0.15) is 38.0 Å². The van der Waals surface area contributed by atoms with E-state index in [1.54, 1.807) is 11.3 Å². The summed E-state index contributed by atoms with van der Waals surface area (Å²) in [4.78, 5) is 11.9. The second-order valence-corrected chi connectivity index (χ2v) is 5.98. The summed E-state index contributed by atoms with van der Waals surface area (Å²) >= 11 is 8.20. The van der Waals surface area contributed by atoms with Crippen LogP contribution in [0.4, 0.5) is 0 Å². The van der Waals surface area contributed by atoms with Crippen LogP contribution in [-0.4, -0.2) is 12.5 Å². The maximum atomic E-state index is 11.9. The third-order valence-electron chi connectivity index (χ3n) is 3.52. The number of amides is 1. The quantitative estimate of drug-likeness (QED) is 0.841. The Bertz CT molecular complexity index is 635. The van der Waals surface area contributed by atoms with Crippen LogP contribution >= 0.6 is 22.9 Å². The zero-order chi connectivity index (χ0) is 13.4. The molecule has 0 aliphatic carbocycles. The monoisotopic (exact) mass is 291 g/mol. The minimum absolute atomic E-state index is 0.00834. The van der Waals surface area contributed by atoms with Gasteiger partial charge in [-0.05, 0) is 52.4 Å². The molecule has 0 saturated heterocycles. The average Bonchev–Trinajstić information content (AvgIpc) is 2.84. The number of halogens is 1. The van der Waals surface area contributed by atoms with E-state index in [9.17, 15) is 4.79 Å². The van der Waals surface area contributed by atoms with E-state index in [0.29, 0.717) is 0 Å². The molecule has 1 unspecified atom stereocenters. The summed E-state index contributed by atoms with van der Waals surface area (Å²) in [5, 5.41) is 6.85. The van der Waals surface area contributed by atoms with E-state index in [2.05, 4.69) is 23.0 Å². The SMILES string of the molecule is Cc1cscc1C(Cl)c1ccc2c(c1)C(=O)NCC2. The second kappa shape index (κ2) is 4.99. The number of alkyl halides is 1. The highest BCUT2D eigenvalue weighted by Gasteiger charge is 2.20. The Labute approximate surface area is 121 Å². The molecule has 3 rings (SSSR count). The zero-order valence-electron chi connectivity index (χ0n) is 10.6. The summed E-state index contributed by atoms with van der Waals surface area (Å²) in [7, 11) is 0. The number of rotatable bonds is 2. The first-order valence-corrected chi connectivity index (χ1v) is 7.62. The number of nitrogens with one attached hydrogen (secondary N) is 1. The van der Waals surface area contributed by atoms with Crippen LogP contribution in [0.25, 0.3) is 0 Å². The van der Waals surface area contributed by atoms with Gasteiger partial charge in [-0.1, -0.05) is 12.1 Å². The molecule has 1 amide bonds. The van der Waals surface area contributed by atoms with Crippen LogP contribution in [0, 0.1) is 6.92 Å². The molecule has 0 fully saturated rings. The number of fused-ring (bicyclic) bond motifs is 1. The summed E-state index contributed by atoms with van der Waals surface area (Å²) in [6.07, 6.45) is 0.895. The fourth-order valence-electron chi connectivity index (χ4n) is 2.40. The van der Waals surface area contributed by atoms with Crippen LogP contribution in [0.3, 0.4) is 0 Å². The molecule has 1 atom stereocenters. The molecule has 2 nitrogen and oxygen atoms in total. The highest BCUT2D eigenvalue weighted by atomic mass is 35.5. The number of carbonyl (C=O) groups is 1. The van der Waals surface area contributed by atoms with Gasteiger partial charge in [0.15, 0.2) is 0 Å². The van der Waals surface area contributed by atoms with Gasteiger partial charge in [-0.15, -0.1) is 11.6 Å². The van der Waals surface area contributed by atoms with E-state index in [1.807, 2.05) is 18.2 Å². The van der Waals surface area contributed by atoms with Crippen LogP contribution in [0.5, 0.6) is 0 Å². The molecule has 98 valence electrons. The highest BCUT2D eigenvalue weighted by Crippen LogP contribution is 2.34. The Morgan fingerprint density at radius 1 is 1.37 bits per heavy atom. The molecule has 19 heavy (non-hydrogen) atoms. The molecule has 0 radical (unpaired) electrons. The second-order valence-electron chi connectivity index (χ2n) is 4.80. The summed E-state index contributed by atoms with van der Waals surface area (Å²) < 4.78 is 0. The smallest absolute Gasteiger partial charge is 0.251 e. The minimum atomic E-state index is -0.189. The molecule has 0 bridgehead atoms. The lowest BCUT2D eigenvalue weighted by Gasteiger charge is -2.18. The summed E-state index contributed by atoms with van der Waals surface area (Å²) in [6.45, 7) is 2.78. The Kier molecular flexibility index (Phi) is 3.33. The number of hydrogen-bond acceptors (Lipinski definition) is 2. The average molecular weight is 292 g/mol. The number of aryl methyl sites for hydroxylation is 1. The van der Waals surface area contributed by atoms with Crippen LogP contribution in [0.2, 0.25) is 0 Å². The van der Waals surface area contributed by atoms with Gasteiger partial charge in [-0.3, -0.25) is 4.79 Å². The summed E-state index contributed by atoms with van der Waals surface area (Å²) in [6, 6.07) is 5.99. The number of benzene rings is 1. The van der Waals surface area contributed by atoms with Crippen molar-refractivity contribution in [3.05, 3.63) is 56.8 Å². The third kappa shape index (κ3) is 2.28. The largest absolute Gasteiger partial charge is 0.352 e. The van der Waals surface area contributed by atoms with Crippen molar-refractivity contribution in [2.45, 2.75) is 18.7 Å². The number of carbonyl (C=O) groups excluding carboxylic acids is 1. The molecular weight excluding hydrogens is 278 g/mol. The molecule has 2 aromatic rings. The van der Waals surface area contributed by atoms with Crippen molar-refractivity contribution in [3.63, 3.8) is 0 Å². The minimum Gasteiger partial charge on any atom is -0.352 e. The standard InChI is InChI=1S/C15H14ClNOS/c1-9-7-19-8-13(9)14(16)11-3-2-10-4-5-17-15(18)12(10)6-11/h2-3,6-8,14H,4-5H2,1H3,(H,17,18). The Morgan fingerprint density at radius 3 is 2.95 bits per heavy atom. The van der Waals surface area contributed by atoms with Crippen molar-refractivity contribution < 1.29 is 4.79 Å². The van der Waals surface area contributed by atoms with Gasteiger partial charge in [-0.2, -0.15) is 11.3 Å². The summed E-state index contributed by atoms with van der Waals surface area (Å²) in [5.41, 5.74) is 5.19. The molecule has 1 N–H and O–H groups in total. The van der Waals surface area contributed by atoms with Gasteiger partial charge in [0.2, 0.25) is 0 Å². The molecule has 0 saturated carbocycles. The van der Waals surface area contributed by atoms with Crippen molar-refractivity contribution in [2.75, 3.05) is 6.54 Å². The van der Waals surface area contributed by atoms with Gasteiger partial charge >= 0.3 is 0 Å². The fourth-order valence-corrected chi connectivity index (χ4v) is 3.72. The fraction of sp³-hybridized carbons (Fsp3) is 0.267. The molecule has 1 aromatic carbocycles. The van der Waals surface area contributed by atoms with E-state index in [-0.39, 0.29) is 11.3 Å². The molecule has 0 spiro atoms. The zero-order valence-corrected chi connectivity index (χ0v) is 12.1. The number of thiophene rings is 1. The normalized spacial score (nSPS) is 15.8. The van der Waals surface area contributed by atoms with Gasteiger partial charge in [0.05, 0.1) is 5.38 Å². The first kappa shape index (κ1) is 12.7. The Balaban J connectivity index is 2.00. The van der Waals surface area contributed by atoms with Gasteiger partial charge in [0.1, 0.15) is 0 Å². The topological polar surface area (TPSA) is 29.1 Å². The van der Waals surface area contributed by atoms with E-state index in [1.165, 1.54) is 5.56 Å². The van der Waals surface area contributed by atoms with Crippen molar-refractivity contribution in [2.24, 2.45) is 0 Å². The maximum absolute atomic E-state index is 11.9. The number of hydrogen-bond donors (Lipinski definition) is 1. The van der Waals surface area contributed by atoms with Crippen LogP contribution in [-0.2, 0) is 6.42 Å². The Morgan fingerprint density at radius 2 is 2.21 bits per heavy atom. The predicted molar refractivity (Wildman–Crippen MR) is 79.2 cm³/mol. The first-order chi connectivity index (χ1) is 9.16. The van der Waals surface area contributed by atoms with E-state index >= 15 is 0 Å².